The number of benzene rings is 1. The highest BCUT2D eigenvalue weighted by atomic mass is 32.1. The second kappa shape index (κ2) is 6.69. The lowest BCUT2D eigenvalue weighted by atomic mass is 10.00. The van der Waals surface area contributed by atoms with E-state index < -0.39 is 0 Å². The van der Waals surface area contributed by atoms with Crippen LogP contribution in [-0.4, -0.2) is 9.97 Å². The van der Waals surface area contributed by atoms with Crippen LogP contribution in [0.5, 0.6) is 0 Å². The van der Waals surface area contributed by atoms with Crippen LogP contribution in [0, 0.1) is 0 Å². The maximum absolute atomic E-state index is 6.06. The van der Waals surface area contributed by atoms with Gasteiger partial charge in [0.1, 0.15) is 11.3 Å². The molecule has 0 saturated carbocycles. The normalized spacial score (nSPS) is 11.2. The number of hydrogen-bond donors (Lipinski definition) is 1. The van der Waals surface area contributed by atoms with E-state index in [1.54, 1.807) is 11.3 Å². The van der Waals surface area contributed by atoms with E-state index in [-0.39, 0.29) is 5.95 Å². The second-order valence-corrected chi connectivity index (χ2v) is 6.80. The van der Waals surface area contributed by atoms with Crippen LogP contribution in [0.2, 0.25) is 0 Å². The quantitative estimate of drug-likeness (QED) is 0.513. The summed E-state index contributed by atoms with van der Waals surface area (Å²) in [5, 5.41) is 5.21. The van der Waals surface area contributed by atoms with Gasteiger partial charge in [0.2, 0.25) is 5.95 Å². The number of thiophene rings is 1. The predicted octanol–water partition coefficient (Wildman–Crippen LogP) is 5.54. The molecule has 3 heterocycles. The fourth-order valence-corrected chi connectivity index (χ4v) is 3.67. The van der Waals surface area contributed by atoms with Crippen molar-refractivity contribution in [3.8, 4) is 22.7 Å². The molecule has 4 rings (SSSR count). The van der Waals surface area contributed by atoms with Gasteiger partial charge in [-0.05, 0) is 36.4 Å². The van der Waals surface area contributed by atoms with Gasteiger partial charge in [0.05, 0.1) is 5.69 Å². The van der Waals surface area contributed by atoms with Crippen LogP contribution in [0.4, 0.5) is 5.95 Å². The molecule has 3 aromatic heterocycles. The average molecular weight is 349 g/mol. The van der Waals surface area contributed by atoms with Crippen molar-refractivity contribution in [1.82, 2.24) is 9.97 Å². The zero-order chi connectivity index (χ0) is 17.2. The fraction of sp³-hybridized carbons (Fsp3) is 0.200. The number of nitrogen functional groups attached to an aromatic ring is 1. The summed E-state index contributed by atoms with van der Waals surface area (Å²) in [6, 6.07) is 12.1. The summed E-state index contributed by atoms with van der Waals surface area (Å²) >= 11 is 1.65. The largest absolute Gasteiger partial charge is 0.454 e. The third-order valence-corrected chi connectivity index (χ3v) is 4.94. The maximum Gasteiger partial charge on any atom is 0.221 e. The Kier molecular flexibility index (Phi) is 4.24. The number of rotatable bonds is 5. The lowest BCUT2D eigenvalue weighted by Gasteiger charge is -2.12. The highest BCUT2D eigenvalue weighted by Gasteiger charge is 2.19. The average Bonchev–Trinajstić information content (AvgIpc) is 3.29. The monoisotopic (exact) mass is 349 g/mol. The molecule has 0 radical (unpaired) electrons. The van der Waals surface area contributed by atoms with E-state index in [1.807, 2.05) is 30.3 Å². The van der Waals surface area contributed by atoms with Crippen molar-refractivity contribution in [3.63, 3.8) is 0 Å². The number of nitrogens with zero attached hydrogens (tertiary/aromatic N) is 2. The molecule has 126 valence electrons. The number of anilines is 1. The number of nitrogens with two attached hydrogens (primary N) is 1. The Morgan fingerprint density at radius 3 is 2.72 bits per heavy atom. The SMILES string of the molecule is CCCCc1c(-c2ccsc2)nc(N)nc1-c1cc2ccccc2o1. The second-order valence-electron chi connectivity index (χ2n) is 6.02. The number of para-hydroxylation sites is 1. The maximum atomic E-state index is 6.06. The van der Waals surface area contributed by atoms with Gasteiger partial charge in [0.25, 0.3) is 0 Å². The molecule has 0 unspecified atom stereocenters. The summed E-state index contributed by atoms with van der Waals surface area (Å²) in [7, 11) is 0. The molecular weight excluding hydrogens is 330 g/mol. The summed E-state index contributed by atoms with van der Waals surface area (Å²) in [6.45, 7) is 2.18. The van der Waals surface area contributed by atoms with E-state index in [2.05, 4.69) is 33.7 Å². The predicted molar refractivity (Wildman–Crippen MR) is 104 cm³/mol. The fourth-order valence-electron chi connectivity index (χ4n) is 3.03. The summed E-state index contributed by atoms with van der Waals surface area (Å²) in [5.74, 6) is 1.02. The van der Waals surface area contributed by atoms with Gasteiger partial charge in [0, 0.05) is 21.9 Å². The first-order chi connectivity index (χ1) is 12.3. The molecule has 0 amide bonds. The van der Waals surface area contributed by atoms with Gasteiger partial charge in [-0.15, -0.1) is 0 Å². The van der Waals surface area contributed by atoms with Crippen LogP contribution in [0.1, 0.15) is 25.3 Å². The van der Waals surface area contributed by atoms with Gasteiger partial charge in [-0.2, -0.15) is 11.3 Å². The molecule has 0 fully saturated rings. The van der Waals surface area contributed by atoms with E-state index in [4.69, 9.17) is 10.2 Å². The van der Waals surface area contributed by atoms with E-state index in [0.717, 1.165) is 58.5 Å². The molecule has 25 heavy (non-hydrogen) atoms. The molecular formula is C20H19N3OS. The topological polar surface area (TPSA) is 64.9 Å². The van der Waals surface area contributed by atoms with Crippen LogP contribution >= 0.6 is 11.3 Å². The molecule has 0 aliphatic heterocycles. The minimum absolute atomic E-state index is 0.275. The molecule has 2 N–H and O–H groups in total. The third kappa shape index (κ3) is 3.03. The summed E-state index contributed by atoms with van der Waals surface area (Å²) in [4.78, 5) is 9.08. The van der Waals surface area contributed by atoms with Crippen LogP contribution in [0.25, 0.3) is 33.7 Å². The zero-order valence-electron chi connectivity index (χ0n) is 14.0. The van der Waals surface area contributed by atoms with Crippen LogP contribution < -0.4 is 5.73 Å². The molecule has 5 heteroatoms. The van der Waals surface area contributed by atoms with Gasteiger partial charge < -0.3 is 10.2 Å². The van der Waals surface area contributed by atoms with Gasteiger partial charge >= 0.3 is 0 Å². The van der Waals surface area contributed by atoms with E-state index in [9.17, 15) is 0 Å². The number of furan rings is 1. The van der Waals surface area contributed by atoms with Crippen molar-refractivity contribution in [2.24, 2.45) is 0 Å². The molecule has 0 aliphatic carbocycles. The zero-order valence-corrected chi connectivity index (χ0v) is 14.8. The molecule has 1 aromatic carbocycles. The Bertz CT molecular complexity index is 972. The lowest BCUT2D eigenvalue weighted by molar-refractivity contribution is 0.626. The van der Waals surface area contributed by atoms with Gasteiger partial charge in [-0.1, -0.05) is 31.5 Å². The Labute approximate surface area is 150 Å². The van der Waals surface area contributed by atoms with Gasteiger partial charge in [-0.25, -0.2) is 9.97 Å². The minimum Gasteiger partial charge on any atom is -0.454 e. The van der Waals surface area contributed by atoms with Crippen molar-refractivity contribution in [2.45, 2.75) is 26.2 Å². The molecule has 0 spiro atoms. The van der Waals surface area contributed by atoms with E-state index in [1.165, 1.54) is 0 Å². The highest BCUT2D eigenvalue weighted by molar-refractivity contribution is 7.08. The summed E-state index contributed by atoms with van der Waals surface area (Å²) in [6.07, 6.45) is 3.07. The lowest BCUT2D eigenvalue weighted by Crippen LogP contribution is -2.04. The van der Waals surface area contributed by atoms with Gasteiger partial charge in [-0.3, -0.25) is 0 Å². The Morgan fingerprint density at radius 2 is 1.96 bits per heavy atom. The van der Waals surface area contributed by atoms with Crippen molar-refractivity contribution in [2.75, 3.05) is 5.73 Å². The van der Waals surface area contributed by atoms with Crippen molar-refractivity contribution in [3.05, 3.63) is 52.7 Å². The standard InChI is InChI=1S/C20H19N3OS/c1-2-3-7-15-18(14-9-10-25-12-14)22-20(21)23-19(15)17-11-13-6-4-5-8-16(13)24-17/h4-6,8-12H,2-3,7H2,1H3,(H2,21,22,23). The highest BCUT2D eigenvalue weighted by Crippen LogP contribution is 2.35. The summed E-state index contributed by atoms with van der Waals surface area (Å²) < 4.78 is 6.06. The van der Waals surface area contributed by atoms with Crippen LogP contribution in [0.15, 0.2) is 51.6 Å². The van der Waals surface area contributed by atoms with Crippen LogP contribution in [0.3, 0.4) is 0 Å². The molecule has 4 nitrogen and oxygen atoms in total. The van der Waals surface area contributed by atoms with Crippen molar-refractivity contribution < 1.29 is 4.42 Å². The number of aromatic nitrogens is 2. The minimum atomic E-state index is 0.275. The smallest absolute Gasteiger partial charge is 0.221 e. The number of hydrogen-bond acceptors (Lipinski definition) is 5. The molecule has 0 aliphatic rings. The molecule has 0 bridgehead atoms. The van der Waals surface area contributed by atoms with Gasteiger partial charge in [0.15, 0.2) is 5.76 Å². The van der Waals surface area contributed by atoms with Crippen LogP contribution in [-0.2, 0) is 6.42 Å². The Morgan fingerprint density at radius 1 is 1.12 bits per heavy atom. The molecule has 4 aromatic rings. The third-order valence-electron chi connectivity index (χ3n) is 4.26. The molecule has 0 atom stereocenters. The Balaban J connectivity index is 1.93. The number of fused-ring (bicyclic) bond motifs is 1. The van der Waals surface area contributed by atoms with Crippen molar-refractivity contribution in [1.29, 1.82) is 0 Å². The Hall–Kier alpha value is -2.66. The van der Waals surface area contributed by atoms with E-state index >= 15 is 0 Å². The molecule has 0 saturated heterocycles. The first-order valence-corrected chi connectivity index (χ1v) is 9.38. The van der Waals surface area contributed by atoms with E-state index in [0.29, 0.717) is 0 Å². The number of unbranched alkanes of at least 4 members (excludes halogenated alkanes) is 1. The first kappa shape index (κ1) is 15.8. The van der Waals surface area contributed by atoms with Crippen molar-refractivity contribution >= 4 is 28.3 Å². The first-order valence-electron chi connectivity index (χ1n) is 8.44. The summed E-state index contributed by atoms with van der Waals surface area (Å²) in [5.41, 5.74) is 10.8.